The molecule has 2 N–H and O–H groups in total. The second-order valence-corrected chi connectivity index (χ2v) is 1.98. The summed E-state index contributed by atoms with van der Waals surface area (Å²) >= 11 is 0. The summed E-state index contributed by atoms with van der Waals surface area (Å²) in [5.74, 6) is 0. The Morgan fingerprint density at radius 2 is 2.33 bits per heavy atom. The normalized spacial score (nSPS) is 19.1. The summed E-state index contributed by atoms with van der Waals surface area (Å²) in [7, 11) is 1.90. The fourth-order valence-corrected chi connectivity index (χ4v) is 0.790. The Balaban J connectivity index is 2.59. The molecule has 1 radical (unpaired) electrons. The summed E-state index contributed by atoms with van der Waals surface area (Å²) < 4.78 is 0. The van der Waals surface area contributed by atoms with Crippen molar-refractivity contribution >= 4 is 0 Å². The third-order valence-electron chi connectivity index (χ3n) is 1.31. The van der Waals surface area contributed by atoms with Crippen LogP contribution in [0.25, 0.3) is 0 Å². The molecule has 0 saturated carbocycles. The van der Waals surface area contributed by atoms with E-state index in [1.165, 1.54) is 5.57 Å². The van der Waals surface area contributed by atoms with Gasteiger partial charge < -0.3 is 5.32 Å². The summed E-state index contributed by atoms with van der Waals surface area (Å²) in [6.07, 6.45) is 7.02. The molecule has 0 aliphatic carbocycles. The number of allylic oxidation sites excluding steroid dienone is 2. The molecule has 0 fully saturated rings. The average molecular weight is 123 g/mol. The first-order valence-electron chi connectivity index (χ1n) is 2.99. The second-order valence-electron chi connectivity index (χ2n) is 1.98. The first-order valence-corrected chi connectivity index (χ1v) is 2.99. The van der Waals surface area contributed by atoms with Crippen molar-refractivity contribution in [2.45, 2.75) is 6.92 Å². The summed E-state index contributed by atoms with van der Waals surface area (Å²) in [5.41, 5.74) is 1.24. The minimum absolute atomic E-state index is 1.08. The standard InChI is InChI=1S/C7H11N2/c1-6-4-3-5-9-7(6)8-2/h3-5,8-9H,1-2H3. The Labute approximate surface area is 55.6 Å². The highest BCUT2D eigenvalue weighted by Gasteiger charge is 2.07. The molecular weight excluding hydrogens is 112 g/mol. The highest BCUT2D eigenvalue weighted by atomic mass is 15.1. The van der Waals surface area contributed by atoms with E-state index in [0.717, 1.165) is 6.17 Å². The molecule has 0 bridgehead atoms. The lowest BCUT2D eigenvalue weighted by Gasteiger charge is -2.17. The Kier molecular flexibility index (Phi) is 1.90. The van der Waals surface area contributed by atoms with Gasteiger partial charge in [-0.25, -0.2) is 0 Å². The molecule has 49 valence electrons. The van der Waals surface area contributed by atoms with Gasteiger partial charge in [-0.3, -0.25) is 5.32 Å². The van der Waals surface area contributed by atoms with E-state index in [1.54, 1.807) is 0 Å². The van der Waals surface area contributed by atoms with Gasteiger partial charge in [-0.05, 0) is 31.8 Å². The molecule has 0 amide bonds. The summed E-state index contributed by atoms with van der Waals surface area (Å²) in [4.78, 5) is 0. The van der Waals surface area contributed by atoms with Gasteiger partial charge in [0, 0.05) is 0 Å². The molecule has 2 nitrogen and oxygen atoms in total. The van der Waals surface area contributed by atoms with Crippen molar-refractivity contribution in [1.82, 2.24) is 10.6 Å². The second kappa shape index (κ2) is 2.69. The lowest BCUT2D eigenvalue weighted by molar-refractivity contribution is 0.727. The van der Waals surface area contributed by atoms with Gasteiger partial charge in [0.2, 0.25) is 0 Å². The lowest BCUT2D eigenvalue weighted by atomic mass is 10.2. The monoisotopic (exact) mass is 123 g/mol. The van der Waals surface area contributed by atoms with Gasteiger partial charge in [-0.15, -0.1) is 0 Å². The predicted octanol–water partition coefficient (Wildman–Crippen LogP) is 0.758. The first-order chi connectivity index (χ1) is 4.34. The molecule has 1 aliphatic rings. The minimum Gasteiger partial charge on any atom is -0.366 e. The van der Waals surface area contributed by atoms with E-state index in [0.29, 0.717) is 0 Å². The van der Waals surface area contributed by atoms with Crippen molar-refractivity contribution in [2.24, 2.45) is 0 Å². The van der Waals surface area contributed by atoms with Gasteiger partial charge >= 0.3 is 0 Å². The van der Waals surface area contributed by atoms with Crippen LogP contribution in [-0.4, -0.2) is 7.05 Å². The zero-order chi connectivity index (χ0) is 6.69. The van der Waals surface area contributed by atoms with Crippen molar-refractivity contribution in [1.29, 1.82) is 0 Å². The molecular formula is C7H11N2. The van der Waals surface area contributed by atoms with Gasteiger partial charge in [-0.2, -0.15) is 0 Å². The molecule has 0 aromatic rings. The van der Waals surface area contributed by atoms with E-state index in [1.807, 2.05) is 19.3 Å². The summed E-state index contributed by atoms with van der Waals surface area (Å²) in [5, 5.41) is 6.11. The third-order valence-corrected chi connectivity index (χ3v) is 1.31. The molecule has 0 spiro atoms. The van der Waals surface area contributed by atoms with Crippen LogP contribution in [-0.2, 0) is 0 Å². The first kappa shape index (κ1) is 6.36. The van der Waals surface area contributed by atoms with Crippen LogP contribution in [0.4, 0.5) is 0 Å². The number of hydrogen-bond acceptors (Lipinski definition) is 2. The predicted molar refractivity (Wildman–Crippen MR) is 38.3 cm³/mol. The Morgan fingerprint density at radius 1 is 1.56 bits per heavy atom. The number of rotatable bonds is 1. The molecule has 0 saturated heterocycles. The summed E-state index contributed by atoms with van der Waals surface area (Å²) in [6.45, 7) is 2.06. The van der Waals surface area contributed by atoms with Crippen molar-refractivity contribution < 1.29 is 0 Å². The van der Waals surface area contributed by atoms with Crippen molar-refractivity contribution in [3.63, 3.8) is 0 Å². The number of nitrogens with one attached hydrogen (secondary N) is 2. The Bertz CT molecular complexity index is 147. The van der Waals surface area contributed by atoms with Crippen LogP contribution in [0.1, 0.15) is 6.92 Å². The molecule has 0 aromatic heterocycles. The largest absolute Gasteiger partial charge is 0.366 e. The molecule has 1 rings (SSSR count). The molecule has 2 heteroatoms. The molecule has 1 aliphatic heterocycles. The van der Waals surface area contributed by atoms with E-state index in [4.69, 9.17) is 0 Å². The van der Waals surface area contributed by atoms with Crippen molar-refractivity contribution in [2.75, 3.05) is 7.05 Å². The van der Waals surface area contributed by atoms with Gasteiger partial charge in [0.05, 0.1) is 0 Å². The number of dihydropyridines is 1. The molecule has 0 unspecified atom stereocenters. The Morgan fingerprint density at radius 3 is 2.78 bits per heavy atom. The van der Waals surface area contributed by atoms with Gasteiger partial charge in [0.1, 0.15) is 0 Å². The maximum absolute atomic E-state index is 3.08. The minimum atomic E-state index is 1.08. The van der Waals surface area contributed by atoms with Crippen LogP contribution in [0.15, 0.2) is 23.9 Å². The fraction of sp³-hybridized carbons (Fsp3) is 0.286. The highest BCUT2D eigenvalue weighted by Crippen LogP contribution is 2.08. The molecule has 1 heterocycles. The summed E-state index contributed by atoms with van der Waals surface area (Å²) in [6, 6.07) is 0. The third kappa shape index (κ3) is 1.33. The fourth-order valence-electron chi connectivity index (χ4n) is 0.790. The van der Waals surface area contributed by atoms with Crippen LogP contribution in [0, 0.1) is 6.17 Å². The maximum atomic E-state index is 3.08. The number of hydrogen-bond donors (Lipinski definition) is 2. The Hall–Kier alpha value is -0.760. The molecule has 0 atom stereocenters. The van der Waals surface area contributed by atoms with E-state index >= 15 is 0 Å². The van der Waals surface area contributed by atoms with E-state index in [2.05, 4.69) is 23.6 Å². The van der Waals surface area contributed by atoms with Crippen LogP contribution in [0.5, 0.6) is 0 Å². The maximum Gasteiger partial charge on any atom is 0.152 e. The van der Waals surface area contributed by atoms with Gasteiger partial charge in [0.15, 0.2) is 6.17 Å². The number of likely N-dealkylation sites (N-methyl/N-ethyl adjacent to an activating group) is 1. The average Bonchev–Trinajstić information content (AvgIpc) is 1.89. The van der Waals surface area contributed by atoms with Crippen LogP contribution in [0.2, 0.25) is 0 Å². The van der Waals surface area contributed by atoms with Crippen LogP contribution >= 0.6 is 0 Å². The highest BCUT2D eigenvalue weighted by molar-refractivity contribution is 5.28. The van der Waals surface area contributed by atoms with Gasteiger partial charge in [-0.1, -0.05) is 6.08 Å². The van der Waals surface area contributed by atoms with Crippen LogP contribution < -0.4 is 10.6 Å². The molecule has 9 heavy (non-hydrogen) atoms. The zero-order valence-corrected chi connectivity index (χ0v) is 5.73. The van der Waals surface area contributed by atoms with E-state index in [9.17, 15) is 0 Å². The van der Waals surface area contributed by atoms with E-state index < -0.39 is 0 Å². The van der Waals surface area contributed by atoms with Crippen LogP contribution in [0.3, 0.4) is 0 Å². The topological polar surface area (TPSA) is 24.1 Å². The van der Waals surface area contributed by atoms with Crippen molar-refractivity contribution in [3.05, 3.63) is 30.1 Å². The van der Waals surface area contributed by atoms with Gasteiger partial charge in [0.25, 0.3) is 0 Å². The molecule has 0 aromatic carbocycles. The van der Waals surface area contributed by atoms with E-state index in [-0.39, 0.29) is 0 Å². The zero-order valence-electron chi connectivity index (χ0n) is 5.73. The smallest absolute Gasteiger partial charge is 0.152 e. The SMILES string of the molecule is CN[C]1NC=CC=C1C. The van der Waals surface area contributed by atoms with Crippen molar-refractivity contribution in [3.8, 4) is 0 Å². The lowest BCUT2D eigenvalue weighted by Crippen LogP contribution is -2.30. The quantitative estimate of drug-likeness (QED) is 0.538.